The Morgan fingerprint density at radius 2 is 1.77 bits per heavy atom. The van der Waals surface area contributed by atoms with Crippen LogP contribution in [-0.2, 0) is 32.5 Å². The number of Topliss-reactive ketones (excluding diaryl/α,β-unsaturated/α-hetero) is 1. The molecule has 0 aliphatic rings. The molecule has 8 heteroatoms. The molecule has 31 heavy (non-hydrogen) atoms. The van der Waals surface area contributed by atoms with Crippen LogP contribution in [0.4, 0.5) is 0 Å². The van der Waals surface area contributed by atoms with E-state index in [-0.39, 0.29) is 23.7 Å². The minimum absolute atomic E-state index is 0.110. The highest BCUT2D eigenvalue weighted by atomic mass is 32.2. The molecule has 1 aromatic carbocycles. The summed E-state index contributed by atoms with van der Waals surface area (Å²) in [6.07, 6.45) is 1.54. The van der Waals surface area contributed by atoms with Crippen molar-refractivity contribution in [2.24, 2.45) is 5.92 Å². The molecule has 1 heterocycles. The first-order chi connectivity index (χ1) is 14.5. The minimum Gasteiger partial charge on any atom is -0.457 e. The van der Waals surface area contributed by atoms with Crippen LogP contribution in [0.25, 0.3) is 0 Å². The van der Waals surface area contributed by atoms with Crippen LogP contribution < -0.4 is 4.72 Å². The third-order valence-electron chi connectivity index (χ3n) is 5.29. The topological polar surface area (TPSA) is 94.5 Å². The van der Waals surface area contributed by atoms with Gasteiger partial charge in [0.15, 0.2) is 6.61 Å². The van der Waals surface area contributed by atoms with Gasteiger partial charge in [-0.2, -0.15) is 0 Å². The van der Waals surface area contributed by atoms with Gasteiger partial charge in [-0.25, -0.2) is 13.1 Å². The number of hydrogen-bond donors (Lipinski definition) is 1. The zero-order valence-corrected chi connectivity index (χ0v) is 19.7. The van der Waals surface area contributed by atoms with Crippen molar-refractivity contribution in [3.8, 4) is 0 Å². The quantitative estimate of drug-likeness (QED) is 0.420. The highest BCUT2D eigenvalue weighted by Gasteiger charge is 2.17. The highest BCUT2D eigenvalue weighted by molar-refractivity contribution is 7.89. The predicted molar refractivity (Wildman–Crippen MR) is 120 cm³/mol. The summed E-state index contributed by atoms with van der Waals surface area (Å²) < 4.78 is 33.0. The average Bonchev–Trinajstić information content (AvgIpc) is 3.02. The van der Waals surface area contributed by atoms with Gasteiger partial charge < -0.3 is 9.30 Å². The maximum atomic E-state index is 12.6. The van der Waals surface area contributed by atoms with Crippen molar-refractivity contribution in [2.45, 2.75) is 58.4 Å². The lowest BCUT2D eigenvalue weighted by Crippen LogP contribution is -2.18. The Labute approximate surface area is 184 Å². The van der Waals surface area contributed by atoms with Gasteiger partial charge in [-0.15, -0.1) is 0 Å². The second-order valence-electron chi connectivity index (χ2n) is 8.05. The fourth-order valence-corrected chi connectivity index (χ4v) is 4.04. The molecule has 0 saturated carbocycles. The Morgan fingerprint density at radius 3 is 2.35 bits per heavy atom. The molecule has 2 aromatic rings. The Kier molecular flexibility index (Phi) is 8.59. The lowest BCUT2D eigenvalue weighted by Gasteiger charge is -2.11. The first-order valence-corrected chi connectivity index (χ1v) is 11.9. The molecule has 0 aliphatic heterocycles. The van der Waals surface area contributed by atoms with E-state index in [1.54, 1.807) is 12.1 Å². The Hall–Kier alpha value is -2.45. The van der Waals surface area contributed by atoms with Gasteiger partial charge >= 0.3 is 5.97 Å². The summed E-state index contributed by atoms with van der Waals surface area (Å²) >= 11 is 0. The third-order valence-corrected chi connectivity index (χ3v) is 6.72. The molecular weight excluding hydrogens is 416 g/mol. The molecular formula is C23H32N2O5S. The normalized spacial score (nSPS) is 11.7. The molecule has 1 N–H and O–H groups in total. The highest BCUT2D eigenvalue weighted by Crippen LogP contribution is 2.18. The van der Waals surface area contributed by atoms with Crippen LogP contribution in [0.1, 0.15) is 54.0 Å². The molecule has 0 unspecified atom stereocenters. The van der Waals surface area contributed by atoms with Gasteiger partial charge in [-0.1, -0.05) is 26.0 Å². The van der Waals surface area contributed by atoms with E-state index in [1.807, 2.05) is 19.9 Å². The zero-order chi connectivity index (χ0) is 23.2. The van der Waals surface area contributed by atoms with Crippen molar-refractivity contribution in [1.29, 1.82) is 0 Å². The maximum absolute atomic E-state index is 12.6. The van der Waals surface area contributed by atoms with Crippen molar-refractivity contribution >= 4 is 21.8 Å². The first-order valence-electron chi connectivity index (χ1n) is 10.4. The number of hydrogen-bond acceptors (Lipinski definition) is 5. The monoisotopic (exact) mass is 448 g/mol. The van der Waals surface area contributed by atoms with Gasteiger partial charge in [-0.3, -0.25) is 9.59 Å². The van der Waals surface area contributed by atoms with E-state index in [4.69, 9.17) is 4.74 Å². The summed E-state index contributed by atoms with van der Waals surface area (Å²) in [5, 5.41) is 0. The van der Waals surface area contributed by atoms with Crippen molar-refractivity contribution in [3.63, 3.8) is 0 Å². The average molecular weight is 449 g/mol. The first kappa shape index (κ1) is 24.8. The number of sulfonamides is 1. The van der Waals surface area contributed by atoms with Crippen molar-refractivity contribution in [3.05, 3.63) is 52.8 Å². The maximum Gasteiger partial charge on any atom is 0.306 e. The number of nitrogens with one attached hydrogen (secondary N) is 1. The summed E-state index contributed by atoms with van der Waals surface area (Å²) in [4.78, 5) is 24.8. The molecule has 0 fully saturated rings. The van der Waals surface area contributed by atoms with E-state index in [0.29, 0.717) is 17.9 Å². The van der Waals surface area contributed by atoms with E-state index in [2.05, 4.69) is 23.1 Å². The molecule has 0 spiro atoms. The van der Waals surface area contributed by atoms with Gasteiger partial charge in [0, 0.05) is 29.9 Å². The molecule has 0 amide bonds. The second kappa shape index (κ2) is 10.7. The van der Waals surface area contributed by atoms with Crippen molar-refractivity contribution in [1.82, 2.24) is 9.29 Å². The van der Waals surface area contributed by atoms with Gasteiger partial charge in [0.25, 0.3) is 0 Å². The molecule has 0 radical (unpaired) electrons. The molecule has 170 valence electrons. The number of esters is 1. The number of aromatic nitrogens is 1. The van der Waals surface area contributed by atoms with E-state index in [0.717, 1.165) is 29.9 Å². The fourth-order valence-electron chi connectivity index (χ4n) is 3.31. The molecule has 0 atom stereocenters. The number of rotatable bonds is 11. The molecule has 1 aromatic heterocycles. The van der Waals surface area contributed by atoms with Crippen LogP contribution in [0.5, 0.6) is 0 Å². The zero-order valence-electron chi connectivity index (χ0n) is 18.9. The summed E-state index contributed by atoms with van der Waals surface area (Å²) in [6, 6.07) is 8.16. The minimum atomic E-state index is -3.48. The van der Waals surface area contributed by atoms with Crippen LogP contribution in [0, 0.1) is 19.8 Å². The van der Waals surface area contributed by atoms with E-state index >= 15 is 0 Å². The van der Waals surface area contributed by atoms with Crippen LogP contribution >= 0.6 is 0 Å². The number of ether oxygens (including phenoxy) is 1. The number of nitrogens with zero attached hydrogens (tertiary/aromatic N) is 1. The van der Waals surface area contributed by atoms with Gasteiger partial charge in [0.2, 0.25) is 15.8 Å². The molecule has 0 bridgehead atoms. The number of ketones is 1. The fraction of sp³-hybridized carbons (Fsp3) is 0.478. The molecule has 2 rings (SSSR count). The Bertz CT molecular complexity index is 1020. The number of carbonyl (C=O) groups excluding carboxylic acids is 2. The second-order valence-corrected chi connectivity index (χ2v) is 9.94. The smallest absolute Gasteiger partial charge is 0.306 e. The lowest BCUT2D eigenvalue weighted by molar-refractivity contribution is -0.142. The molecule has 0 aliphatic carbocycles. The van der Waals surface area contributed by atoms with Gasteiger partial charge in [-0.05, 0) is 63.4 Å². The SMILES string of the molecule is CNS(=O)(=O)c1ccc(CCC(=O)OCC(=O)c2cc(C)n(CCC(C)C)c2C)cc1. The van der Waals surface area contributed by atoms with Crippen LogP contribution in [0.3, 0.4) is 0 Å². The van der Waals surface area contributed by atoms with E-state index < -0.39 is 16.0 Å². The van der Waals surface area contributed by atoms with Crippen molar-refractivity contribution < 1.29 is 22.7 Å². The van der Waals surface area contributed by atoms with Crippen LogP contribution in [-0.4, -0.2) is 38.4 Å². The summed E-state index contributed by atoms with van der Waals surface area (Å²) in [5.74, 6) is -0.0991. The summed E-state index contributed by atoms with van der Waals surface area (Å²) in [6.45, 7) is 8.80. The van der Waals surface area contributed by atoms with Crippen LogP contribution in [0.15, 0.2) is 35.2 Å². The summed E-state index contributed by atoms with van der Waals surface area (Å²) in [5.41, 5.74) is 3.33. The van der Waals surface area contributed by atoms with E-state index in [9.17, 15) is 18.0 Å². The van der Waals surface area contributed by atoms with Gasteiger partial charge in [0.05, 0.1) is 4.90 Å². The molecule has 0 saturated heterocycles. The van der Waals surface area contributed by atoms with E-state index in [1.165, 1.54) is 19.2 Å². The number of benzene rings is 1. The Balaban J connectivity index is 1.87. The predicted octanol–water partition coefficient (Wildman–Crippen LogP) is 3.42. The van der Waals surface area contributed by atoms with Gasteiger partial charge in [0.1, 0.15) is 0 Å². The molecule has 7 nitrogen and oxygen atoms in total. The van der Waals surface area contributed by atoms with Crippen LogP contribution in [0.2, 0.25) is 0 Å². The number of carbonyl (C=O) groups is 2. The standard InChI is InChI=1S/C23H32N2O5S/c1-16(2)12-13-25-17(3)14-21(18(25)4)22(26)15-30-23(27)11-8-19-6-9-20(10-7-19)31(28,29)24-5/h6-7,9-10,14,16,24H,8,11-13,15H2,1-5H3. The summed E-state index contributed by atoms with van der Waals surface area (Å²) in [7, 11) is -2.13. The number of aryl methyl sites for hydroxylation is 2. The largest absolute Gasteiger partial charge is 0.457 e. The van der Waals surface area contributed by atoms with Crippen molar-refractivity contribution in [2.75, 3.05) is 13.7 Å². The lowest BCUT2D eigenvalue weighted by atomic mass is 10.1. The Morgan fingerprint density at radius 1 is 1.13 bits per heavy atom. The third kappa shape index (κ3) is 6.77.